The highest BCUT2D eigenvalue weighted by Crippen LogP contribution is 2.24. The Balaban J connectivity index is 1.32. The van der Waals surface area contributed by atoms with Crippen LogP contribution in [0.25, 0.3) is 22.8 Å². The first kappa shape index (κ1) is 19.1. The fourth-order valence-electron chi connectivity index (χ4n) is 3.77. The van der Waals surface area contributed by atoms with Crippen LogP contribution < -0.4 is 0 Å². The Morgan fingerprint density at radius 3 is 2.84 bits per heavy atom. The predicted octanol–water partition coefficient (Wildman–Crippen LogP) is 4.27. The molecule has 8 nitrogen and oxygen atoms in total. The minimum Gasteiger partial charge on any atom is -0.461 e. The van der Waals surface area contributed by atoms with Crippen molar-refractivity contribution < 1.29 is 9.34 Å². The van der Waals surface area contributed by atoms with Gasteiger partial charge in [-0.3, -0.25) is 20.0 Å². The molecular weight excluding hydrogens is 394 g/mol. The molecule has 0 aliphatic carbocycles. The minimum atomic E-state index is -0.391. The Hall–Kier alpha value is -3.91. The van der Waals surface area contributed by atoms with Crippen molar-refractivity contribution in [2.24, 2.45) is 0 Å². The number of nitro groups is 1. The summed E-state index contributed by atoms with van der Waals surface area (Å²) in [5, 5.41) is 11.1. The van der Waals surface area contributed by atoms with Crippen molar-refractivity contribution in [3.8, 4) is 22.8 Å². The highest BCUT2D eigenvalue weighted by atomic mass is 16.6. The summed E-state index contributed by atoms with van der Waals surface area (Å²) < 4.78 is 5.40. The number of pyridine rings is 1. The van der Waals surface area contributed by atoms with Crippen molar-refractivity contribution in [2.75, 3.05) is 6.54 Å². The third kappa shape index (κ3) is 4.06. The maximum absolute atomic E-state index is 11.1. The monoisotopic (exact) mass is 413 g/mol. The molecule has 3 aromatic heterocycles. The molecule has 31 heavy (non-hydrogen) atoms. The first-order chi connectivity index (χ1) is 15.2. The first-order valence-corrected chi connectivity index (χ1v) is 9.97. The van der Waals surface area contributed by atoms with E-state index in [2.05, 4.69) is 14.9 Å². The summed E-state index contributed by atoms with van der Waals surface area (Å²) >= 11 is 0. The molecule has 0 saturated heterocycles. The van der Waals surface area contributed by atoms with Gasteiger partial charge in [0.15, 0.2) is 11.6 Å². The maximum atomic E-state index is 11.1. The van der Waals surface area contributed by atoms with Crippen molar-refractivity contribution in [1.29, 1.82) is 0 Å². The van der Waals surface area contributed by atoms with Gasteiger partial charge in [0.05, 0.1) is 28.3 Å². The van der Waals surface area contributed by atoms with Crippen LogP contribution in [0, 0.1) is 10.1 Å². The van der Waals surface area contributed by atoms with E-state index < -0.39 is 4.92 Å². The number of furan rings is 1. The molecule has 0 unspecified atom stereocenters. The smallest absolute Gasteiger partial charge is 0.270 e. The van der Waals surface area contributed by atoms with Crippen LogP contribution in [0.15, 0.2) is 71.5 Å². The van der Waals surface area contributed by atoms with E-state index in [4.69, 9.17) is 9.40 Å². The van der Waals surface area contributed by atoms with Crippen LogP contribution in [0.3, 0.4) is 0 Å². The third-order valence-electron chi connectivity index (χ3n) is 5.30. The number of nitro benzene ring substituents is 1. The summed E-state index contributed by atoms with van der Waals surface area (Å²) in [6.45, 7) is 2.29. The van der Waals surface area contributed by atoms with Crippen LogP contribution in [0.5, 0.6) is 0 Å². The molecule has 0 atom stereocenters. The summed E-state index contributed by atoms with van der Waals surface area (Å²) in [6, 6.07) is 16.0. The highest BCUT2D eigenvalue weighted by molar-refractivity contribution is 5.62. The van der Waals surface area contributed by atoms with Crippen LogP contribution in [-0.2, 0) is 19.5 Å². The van der Waals surface area contributed by atoms with Crippen LogP contribution in [-0.4, -0.2) is 31.3 Å². The second-order valence-corrected chi connectivity index (χ2v) is 7.43. The molecule has 0 amide bonds. The Labute approximate surface area is 178 Å². The predicted molar refractivity (Wildman–Crippen MR) is 114 cm³/mol. The molecule has 0 fully saturated rings. The molecular formula is C23H19N5O3. The van der Waals surface area contributed by atoms with Crippen LogP contribution >= 0.6 is 0 Å². The van der Waals surface area contributed by atoms with Gasteiger partial charge in [0.2, 0.25) is 0 Å². The average molecular weight is 413 g/mol. The zero-order valence-electron chi connectivity index (χ0n) is 16.6. The molecule has 0 radical (unpaired) electrons. The highest BCUT2D eigenvalue weighted by Gasteiger charge is 2.20. The van der Waals surface area contributed by atoms with Crippen molar-refractivity contribution in [2.45, 2.75) is 19.5 Å². The second-order valence-electron chi connectivity index (χ2n) is 7.43. The molecule has 0 saturated carbocycles. The molecule has 0 N–H and O–H groups in total. The van der Waals surface area contributed by atoms with Crippen molar-refractivity contribution >= 4 is 5.69 Å². The summed E-state index contributed by atoms with van der Waals surface area (Å²) in [5.74, 6) is 1.29. The van der Waals surface area contributed by atoms with Crippen LogP contribution in [0.2, 0.25) is 0 Å². The van der Waals surface area contributed by atoms with Gasteiger partial charge in [0.25, 0.3) is 5.69 Å². The molecule has 1 aliphatic heterocycles. The van der Waals surface area contributed by atoms with Crippen molar-refractivity contribution in [3.05, 3.63) is 94.1 Å². The summed E-state index contributed by atoms with van der Waals surface area (Å²) in [6.07, 6.45) is 4.32. The molecule has 4 aromatic rings. The number of nitrogens with zero attached hydrogens (tertiary/aromatic N) is 5. The summed E-state index contributed by atoms with van der Waals surface area (Å²) in [4.78, 5) is 26.8. The number of hydrogen-bond donors (Lipinski definition) is 0. The fourth-order valence-corrected chi connectivity index (χ4v) is 3.77. The van der Waals surface area contributed by atoms with Gasteiger partial charge >= 0.3 is 0 Å². The summed E-state index contributed by atoms with van der Waals surface area (Å²) in [7, 11) is 0. The zero-order chi connectivity index (χ0) is 21.2. The largest absolute Gasteiger partial charge is 0.461 e. The van der Waals surface area contributed by atoms with Gasteiger partial charge in [-0.1, -0.05) is 18.2 Å². The molecule has 4 heterocycles. The van der Waals surface area contributed by atoms with Crippen molar-refractivity contribution in [3.63, 3.8) is 0 Å². The molecule has 1 aromatic carbocycles. The van der Waals surface area contributed by atoms with E-state index in [0.29, 0.717) is 18.1 Å². The summed E-state index contributed by atoms with van der Waals surface area (Å²) in [5.41, 5.74) is 4.60. The standard InChI is InChI=1S/C23H19N5O3/c29-28(30)19-6-1-4-16(12-19)20-7-2-5-18(25-20)15-27-10-9-21-17(14-27)13-24-23(26-21)22-8-3-11-31-22/h1-8,11-13H,9-10,14-15H2. The third-order valence-corrected chi connectivity index (χ3v) is 5.30. The van der Waals surface area contributed by atoms with E-state index in [1.54, 1.807) is 18.4 Å². The second kappa shape index (κ2) is 8.08. The molecule has 5 rings (SSSR count). The van der Waals surface area contributed by atoms with E-state index in [9.17, 15) is 10.1 Å². The van der Waals surface area contributed by atoms with Gasteiger partial charge in [-0.05, 0) is 24.3 Å². The number of non-ortho nitro benzene ring substituents is 1. The van der Waals surface area contributed by atoms with E-state index in [0.717, 1.165) is 47.7 Å². The van der Waals surface area contributed by atoms with Gasteiger partial charge in [0.1, 0.15) is 0 Å². The molecule has 0 spiro atoms. The van der Waals surface area contributed by atoms with Gasteiger partial charge in [0, 0.05) is 55.5 Å². The lowest BCUT2D eigenvalue weighted by Gasteiger charge is -2.27. The molecule has 1 aliphatic rings. The maximum Gasteiger partial charge on any atom is 0.270 e. The Morgan fingerprint density at radius 1 is 1.10 bits per heavy atom. The van der Waals surface area contributed by atoms with E-state index in [1.807, 2.05) is 42.6 Å². The molecule has 154 valence electrons. The van der Waals surface area contributed by atoms with Gasteiger partial charge < -0.3 is 4.42 Å². The zero-order valence-corrected chi connectivity index (χ0v) is 16.6. The molecule has 8 heteroatoms. The average Bonchev–Trinajstić information content (AvgIpc) is 3.34. The minimum absolute atomic E-state index is 0.0614. The lowest BCUT2D eigenvalue weighted by Crippen LogP contribution is -2.31. The van der Waals surface area contributed by atoms with Gasteiger partial charge in [-0.2, -0.15) is 0 Å². The Bertz CT molecular complexity index is 1240. The van der Waals surface area contributed by atoms with E-state index in [-0.39, 0.29) is 5.69 Å². The number of benzene rings is 1. The SMILES string of the molecule is O=[N+]([O-])c1cccc(-c2cccc(CN3CCc4nc(-c5ccco5)ncc4C3)n2)c1. The topological polar surface area (TPSA) is 98.2 Å². The lowest BCUT2D eigenvalue weighted by molar-refractivity contribution is -0.384. The Kier molecular flexibility index (Phi) is 4.97. The van der Waals surface area contributed by atoms with Crippen molar-refractivity contribution in [1.82, 2.24) is 19.9 Å². The Morgan fingerprint density at radius 2 is 2.00 bits per heavy atom. The number of aromatic nitrogens is 3. The van der Waals surface area contributed by atoms with E-state index >= 15 is 0 Å². The van der Waals surface area contributed by atoms with Gasteiger partial charge in [-0.15, -0.1) is 0 Å². The van der Waals surface area contributed by atoms with Crippen LogP contribution in [0.1, 0.15) is 17.0 Å². The number of fused-ring (bicyclic) bond motifs is 1. The number of hydrogen-bond acceptors (Lipinski definition) is 7. The van der Waals surface area contributed by atoms with E-state index in [1.165, 1.54) is 6.07 Å². The normalized spacial score (nSPS) is 13.7. The fraction of sp³-hybridized carbons (Fsp3) is 0.174. The lowest BCUT2D eigenvalue weighted by atomic mass is 10.1. The van der Waals surface area contributed by atoms with Gasteiger partial charge in [-0.25, -0.2) is 9.97 Å². The quantitative estimate of drug-likeness (QED) is 0.356. The number of rotatable bonds is 5. The van der Waals surface area contributed by atoms with Crippen LogP contribution in [0.4, 0.5) is 5.69 Å². The molecule has 0 bridgehead atoms. The first-order valence-electron chi connectivity index (χ1n) is 9.97.